The van der Waals surface area contributed by atoms with Crippen LogP contribution in [0, 0.1) is 11.3 Å². The van der Waals surface area contributed by atoms with Gasteiger partial charge in [-0.15, -0.1) is 0 Å². The first-order chi connectivity index (χ1) is 13.3. The Balaban J connectivity index is 1.52. The number of hydrogen-bond acceptors (Lipinski definition) is 3. The number of allylic oxidation sites excluding steroid dienone is 3. The molecule has 0 aromatic rings. The molecule has 0 radical (unpaired) electrons. The second-order valence-corrected chi connectivity index (χ2v) is 10.5. The van der Waals surface area contributed by atoms with Crippen LogP contribution in [0.3, 0.4) is 0 Å². The van der Waals surface area contributed by atoms with E-state index in [4.69, 9.17) is 0 Å². The summed E-state index contributed by atoms with van der Waals surface area (Å²) in [7, 11) is 0. The van der Waals surface area contributed by atoms with Gasteiger partial charge in [-0.2, -0.15) is 0 Å². The summed E-state index contributed by atoms with van der Waals surface area (Å²) in [5.74, 6) is 0.842. The fourth-order valence-electron chi connectivity index (χ4n) is 5.94. The lowest BCUT2D eigenvalue weighted by atomic mass is 9.70. The van der Waals surface area contributed by atoms with E-state index in [9.17, 15) is 15.3 Å². The molecule has 1 spiro atoms. The van der Waals surface area contributed by atoms with Gasteiger partial charge in [-0.25, -0.2) is 0 Å². The van der Waals surface area contributed by atoms with E-state index in [-0.39, 0.29) is 12.2 Å². The van der Waals surface area contributed by atoms with Gasteiger partial charge in [-0.1, -0.05) is 43.1 Å². The van der Waals surface area contributed by atoms with Crippen molar-refractivity contribution in [3.63, 3.8) is 0 Å². The topological polar surface area (TPSA) is 60.7 Å². The van der Waals surface area contributed by atoms with Gasteiger partial charge in [0.25, 0.3) is 0 Å². The van der Waals surface area contributed by atoms with Crippen molar-refractivity contribution in [3.05, 3.63) is 23.3 Å². The first-order valence-electron chi connectivity index (χ1n) is 11.8. The molecule has 0 bridgehead atoms. The maximum Gasteiger partial charge on any atom is 0.0617 e. The van der Waals surface area contributed by atoms with Crippen molar-refractivity contribution in [2.45, 2.75) is 122 Å². The quantitative estimate of drug-likeness (QED) is 0.566. The van der Waals surface area contributed by atoms with Crippen molar-refractivity contribution in [1.82, 2.24) is 0 Å². The second kappa shape index (κ2) is 9.45. The maximum atomic E-state index is 10.2. The lowest BCUT2D eigenvalue weighted by Crippen LogP contribution is -2.25. The first kappa shape index (κ1) is 22.1. The Morgan fingerprint density at radius 2 is 1.82 bits per heavy atom. The minimum Gasteiger partial charge on any atom is -0.393 e. The average molecular weight is 391 g/mol. The van der Waals surface area contributed by atoms with E-state index < -0.39 is 5.60 Å². The SMILES string of the molecule is CCC(C)(O)CCC[C@@H]1CC[C@]2(CCCC(=CC=C3C[C@@H](O)C[C@H](O)C3)C2)C1. The zero-order chi connectivity index (χ0) is 20.2. The third kappa shape index (κ3) is 6.18. The highest BCUT2D eigenvalue weighted by Gasteiger charge is 2.40. The van der Waals surface area contributed by atoms with Gasteiger partial charge in [0, 0.05) is 0 Å². The summed E-state index contributed by atoms with van der Waals surface area (Å²) in [6.07, 6.45) is 19.1. The molecule has 0 heterocycles. The standard InChI is InChI=1S/C25H42O3/c1-3-24(2,28)11-4-6-20-10-13-25(18-20)12-5-7-19(17-25)8-9-21-14-22(26)16-23(27)15-21/h8-9,20,22-23,26-28H,3-7,10-18H2,1-2H3/t20-,22-,23-,24?,25+/m1/s1. The summed E-state index contributed by atoms with van der Waals surface area (Å²) in [4.78, 5) is 0. The summed E-state index contributed by atoms with van der Waals surface area (Å²) in [6.45, 7) is 4.05. The molecule has 0 saturated heterocycles. The molecule has 3 heteroatoms. The van der Waals surface area contributed by atoms with Gasteiger partial charge < -0.3 is 15.3 Å². The molecule has 3 aliphatic rings. The van der Waals surface area contributed by atoms with Crippen LogP contribution in [-0.4, -0.2) is 33.1 Å². The zero-order valence-corrected chi connectivity index (χ0v) is 18.1. The van der Waals surface area contributed by atoms with Crippen molar-refractivity contribution in [3.8, 4) is 0 Å². The van der Waals surface area contributed by atoms with Gasteiger partial charge in [0.15, 0.2) is 0 Å². The summed E-state index contributed by atoms with van der Waals surface area (Å²) >= 11 is 0. The molecule has 1 unspecified atom stereocenters. The highest BCUT2D eigenvalue weighted by molar-refractivity contribution is 5.22. The molecule has 3 rings (SSSR count). The molecule has 3 N–H and O–H groups in total. The summed E-state index contributed by atoms with van der Waals surface area (Å²) < 4.78 is 0. The molecular weight excluding hydrogens is 348 g/mol. The monoisotopic (exact) mass is 390 g/mol. The maximum absolute atomic E-state index is 10.2. The van der Waals surface area contributed by atoms with E-state index in [1.165, 1.54) is 56.9 Å². The molecule has 3 nitrogen and oxygen atoms in total. The third-order valence-electron chi connectivity index (χ3n) is 7.80. The van der Waals surface area contributed by atoms with Gasteiger partial charge in [-0.3, -0.25) is 0 Å². The molecule has 3 aliphatic carbocycles. The molecule has 160 valence electrons. The van der Waals surface area contributed by atoms with E-state index in [0.717, 1.165) is 38.0 Å². The Labute approximate surface area is 171 Å². The molecule has 3 saturated carbocycles. The van der Waals surface area contributed by atoms with Crippen LogP contribution >= 0.6 is 0 Å². The first-order valence-corrected chi connectivity index (χ1v) is 11.8. The van der Waals surface area contributed by atoms with Gasteiger partial charge in [0.2, 0.25) is 0 Å². The van der Waals surface area contributed by atoms with E-state index in [1.54, 1.807) is 5.57 Å². The highest BCUT2D eigenvalue weighted by Crippen LogP contribution is 2.53. The Kier molecular flexibility index (Phi) is 7.44. The average Bonchev–Trinajstić information content (AvgIpc) is 3.01. The predicted molar refractivity (Wildman–Crippen MR) is 115 cm³/mol. The van der Waals surface area contributed by atoms with Crippen molar-refractivity contribution < 1.29 is 15.3 Å². The number of aliphatic hydroxyl groups is 3. The Morgan fingerprint density at radius 1 is 1.11 bits per heavy atom. The van der Waals surface area contributed by atoms with Crippen molar-refractivity contribution >= 4 is 0 Å². The molecule has 0 amide bonds. The second-order valence-electron chi connectivity index (χ2n) is 10.5. The Hall–Kier alpha value is -0.640. The normalized spacial score (nSPS) is 37.4. The smallest absolute Gasteiger partial charge is 0.0617 e. The van der Waals surface area contributed by atoms with Crippen molar-refractivity contribution in [1.29, 1.82) is 0 Å². The van der Waals surface area contributed by atoms with Gasteiger partial charge >= 0.3 is 0 Å². The highest BCUT2D eigenvalue weighted by atomic mass is 16.3. The summed E-state index contributed by atoms with van der Waals surface area (Å²) in [6, 6.07) is 0. The van der Waals surface area contributed by atoms with Crippen molar-refractivity contribution in [2.75, 3.05) is 0 Å². The number of rotatable bonds is 6. The van der Waals surface area contributed by atoms with E-state index in [0.29, 0.717) is 11.8 Å². The molecular formula is C25H42O3. The summed E-state index contributed by atoms with van der Waals surface area (Å²) in [5, 5.41) is 30.0. The molecule has 0 aromatic carbocycles. The van der Waals surface area contributed by atoms with Crippen LogP contribution < -0.4 is 0 Å². The fraction of sp³-hybridized carbons (Fsp3) is 0.840. The van der Waals surface area contributed by atoms with Crippen LogP contribution in [0.2, 0.25) is 0 Å². The molecule has 0 aliphatic heterocycles. The van der Waals surface area contributed by atoms with Gasteiger partial charge in [0.1, 0.15) is 0 Å². The van der Waals surface area contributed by atoms with Crippen molar-refractivity contribution in [2.24, 2.45) is 11.3 Å². The zero-order valence-electron chi connectivity index (χ0n) is 18.1. The minimum absolute atomic E-state index is 0.379. The van der Waals surface area contributed by atoms with Crippen LogP contribution in [0.4, 0.5) is 0 Å². The largest absolute Gasteiger partial charge is 0.393 e. The third-order valence-corrected chi connectivity index (χ3v) is 7.80. The molecule has 28 heavy (non-hydrogen) atoms. The van der Waals surface area contributed by atoms with Gasteiger partial charge in [-0.05, 0) is 95.3 Å². The Bertz CT molecular complexity index is 564. The molecule has 0 aromatic heterocycles. The van der Waals surface area contributed by atoms with E-state index in [1.807, 2.05) is 6.92 Å². The van der Waals surface area contributed by atoms with Crippen LogP contribution in [-0.2, 0) is 0 Å². The molecule has 3 fully saturated rings. The van der Waals surface area contributed by atoms with E-state index in [2.05, 4.69) is 19.1 Å². The van der Waals surface area contributed by atoms with Crippen LogP contribution in [0.5, 0.6) is 0 Å². The minimum atomic E-state index is -0.481. The van der Waals surface area contributed by atoms with Crippen LogP contribution in [0.25, 0.3) is 0 Å². The summed E-state index contributed by atoms with van der Waals surface area (Å²) in [5.41, 5.74) is 2.81. The lowest BCUT2D eigenvalue weighted by Gasteiger charge is -2.35. The fourth-order valence-corrected chi connectivity index (χ4v) is 5.94. The number of aliphatic hydroxyl groups excluding tert-OH is 2. The number of hydrogen-bond donors (Lipinski definition) is 3. The lowest BCUT2D eigenvalue weighted by molar-refractivity contribution is 0.0430. The van der Waals surface area contributed by atoms with E-state index >= 15 is 0 Å². The van der Waals surface area contributed by atoms with Gasteiger partial charge in [0.05, 0.1) is 17.8 Å². The van der Waals surface area contributed by atoms with Crippen LogP contribution in [0.1, 0.15) is 104 Å². The molecule has 5 atom stereocenters. The Morgan fingerprint density at radius 3 is 2.54 bits per heavy atom. The van der Waals surface area contributed by atoms with Crippen LogP contribution in [0.15, 0.2) is 23.3 Å². The predicted octanol–water partition coefficient (Wildman–Crippen LogP) is 5.44.